The lowest BCUT2D eigenvalue weighted by atomic mass is 10.1. The highest BCUT2D eigenvalue weighted by molar-refractivity contribution is 5.53. The van der Waals surface area contributed by atoms with Crippen LogP contribution in [0.3, 0.4) is 0 Å². The number of rotatable bonds is 3. The Morgan fingerprint density at radius 1 is 1.29 bits per heavy atom. The van der Waals surface area contributed by atoms with E-state index in [9.17, 15) is 4.39 Å². The molecule has 0 amide bonds. The summed E-state index contributed by atoms with van der Waals surface area (Å²) >= 11 is 0. The molecule has 0 saturated carbocycles. The summed E-state index contributed by atoms with van der Waals surface area (Å²) in [6, 6.07) is 3.30. The van der Waals surface area contributed by atoms with Gasteiger partial charge in [-0.3, -0.25) is 0 Å². The summed E-state index contributed by atoms with van der Waals surface area (Å²) in [4.78, 5) is 1.79. The molecule has 0 heterocycles. The first-order valence-corrected chi connectivity index (χ1v) is 8.31. The van der Waals surface area contributed by atoms with Gasteiger partial charge in [0.25, 0.3) is 0 Å². The van der Waals surface area contributed by atoms with Gasteiger partial charge in [-0.05, 0) is 25.5 Å². The molecule has 0 aliphatic carbocycles. The second kappa shape index (κ2) is 13.1. The fourth-order valence-electron chi connectivity index (χ4n) is 1.73. The maximum absolute atomic E-state index is 13.9. The van der Waals surface area contributed by atoms with Crippen molar-refractivity contribution >= 4 is 5.69 Å². The van der Waals surface area contributed by atoms with E-state index in [1.807, 2.05) is 41.7 Å². The van der Waals surface area contributed by atoms with Crippen LogP contribution in [0.2, 0.25) is 0 Å². The van der Waals surface area contributed by atoms with Crippen molar-refractivity contribution in [2.45, 2.75) is 41.5 Å². The molecule has 0 spiro atoms. The molecule has 5 heteroatoms. The van der Waals surface area contributed by atoms with Crippen molar-refractivity contribution in [3.05, 3.63) is 41.1 Å². The molecule has 0 aliphatic rings. The molecule has 0 aromatic heterocycles. The van der Waals surface area contributed by atoms with E-state index in [2.05, 4.69) is 11.8 Å². The molecule has 1 aromatic carbocycles. The first kappa shape index (κ1) is 23.9. The van der Waals surface area contributed by atoms with Gasteiger partial charge in [0.2, 0.25) is 0 Å². The number of anilines is 1. The van der Waals surface area contributed by atoms with E-state index < -0.39 is 5.82 Å². The number of nitrogens with zero attached hydrogens (tertiary/aromatic N) is 1. The fraction of sp³-hybridized carbons (Fsp3) is 0.474. The van der Waals surface area contributed by atoms with Crippen LogP contribution in [0.4, 0.5) is 10.1 Å². The highest BCUT2D eigenvalue weighted by Gasteiger charge is 2.08. The number of hydrogen-bond acceptors (Lipinski definition) is 4. The average molecular weight is 336 g/mol. The molecule has 6 N–H and O–H groups in total. The van der Waals surface area contributed by atoms with Crippen LogP contribution in [0.25, 0.3) is 0 Å². The van der Waals surface area contributed by atoms with Crippen molar-refractivity contribution in [2.24, 2.45) is 17.4 Å². The largest absolute Gasteiger partial charge is 0.402 e. The number of nitrogens with two attached hydrogens (primary N) is 3. The summed E-state index contributed by atoms with van der Waals surface area (Å²) in [5.74, 6) is 5.90. The van der Waals surface area contributed by atoms with Gasteiger partial charge in [0.1, 0.15) is 5.82 Å². The van der Waals surface area contributed by atoms with Crippen LogP contribution in [0, 0.1) is 30.5 Å². The number of hydrogen-bond donors (Lipinski definition) is 3. The van der Waals surface area contributed by atoms with Crippen molar-refractivity contribution in [1.82, 2.24) is 4.90 Å². The summed E-state index contributed by atoms with van der Waals surface area (Å²) in [5, 5.41) is 0. The zero-order valence-corrected chi connectivity index (χ0v) is 16.1. The van der Waals surface area contributed by atoms with E-state index in [0.717, 1.165) is 5.56 Å². The van der Waals surface area contributed by atoms with E-state index in [-0.39, 0.29) is 11.6 Å². The van der Waals surface area contributed by atoms with Gasteiger partial charge in [-0.1, -0.05) is 45.6 Å². The van der Waals surface area contributed by atoms with Gasteiger partial charge >= 0.3 is 0 Å². The third-order valence-corrected chi connectivity index (χ3v) is 2.98. The van der Waals surface area contributed by atoms with E-state index in [1.54, 1.807) is 24.0 Å². The highest BCUT2D eigenvalue weighted by atomic mass is 19.1. The van der Waals surface area contributed by atoms with Gasteiger partial charge in [0.05, 0.1) is 11.3 Å². The average Bonchev–Trinajstić information content (AvgIpc) is 2.61. The molecule has 0 saturated heterocycles. The third kappa shape index (κ3) is 7.77. The SMILES string of the molecule is CC.CC.Cc1ccc(N)c(F)c1C#CC(C)CN(C)/C(N)=C\N. The topological polar surface area (TPSA) is 81.3 Å². The van der Waals surface area contributed by atoms with Crippen LogP contribution in [-0.4, -0.2) is 18.5 Å². The Kier molecular flexibility index (Phi) is 13.1. The standard InChI is InChI=1S/C15H21FN4.2C2H6/c1-10(9-20(3)14(19)8-17)4-6-12-11(2)5-7-13(18)15(12)16;2*1-2/h5,7-8,10H,9,17-19H2,1-3H3;2*1-2H3/b14-8-;;. The van der Waals surface area contributed by atoms with Crippen LogP contribution in [0.15, 0.2) is 24.2 Å². The van der Waals surface area contributed by atoms with Gasteiger partial charge in [0.15, 0.2) is 5.82 Å². The van der Waals surface area contributed by atoms with Crippen molar-refractivity contribution in [1.29, 1.82) is 0 Å². The summed E-state index contributed by atoms with van der Waals surface area (Å²) in [5.41, 5.74) is 17.8. The zero-order valence-electron chi connectivity index (χ0n) is 16.1. The molecular formula is C19H33FN4. The van der Waals surface area contributed by atoms with Crippen LogP contribution in [-0.2, 0) is 0 Å². The van der Waals surface area contributed by atoms with Gasteiger partial charge < -0.3 is 22.1 Å². The Hall–Kier alpha value is -2.35. The summed E-state index contributed by atoms with van der Waals surface area (Å²) in [7, 11) is 1.82. The predicted molar refractivity (Wildman–Crippen MR) is 103 cm³/mol. The second-order valence-electron chi connectivity index (χ2n) is 4.80. The lowest BCUT2D eigenvalue weighted by molar-refractivity contribution is 0.379. The quantitative estimate of drug-likeness (QED) is 0.584. The Bertz CT molecular complexity index is 571. The summed E-state index contributed by atoms with van der Waals surface area (Å²) in [6.07, 6.45) is 1.34. The first-order valence-electron chi connectivity index (χ1n) is 8.31. The van der Waals surface area contributed by atoms with Crippen molar-refractivity contribution in [3.8, 4) is 11.8 Å². The molecule has 0 bridgehead atoms. The summed E-state index contributed by atoms with van der Waals surface area (Å²) < 4.78 is 13.9. The Morgan fingerprint density at radius 2 is 1.83 bits per heavy atom. The monoisotopic (exact) mass is 336 g/mol. The number of benzene rings is 1. The minimum Gasteiger partial charge on any atom is -0.402 e. The lowest BCUT2D eigenvalue weighted by Crippen LogP contribution is -2.28. The smallest absolute Gasteiger partial charge is 0.161 e. The molecule has 24 heavy (non-hydrogen) atoms. The Labute approximate surface area is 146 Å². The van der Waals surface area contributed by atoms with Crippen LogP contribution in [0.1, 0.15) is 45.7 Å². The van der Waals surface area contributed by atoms with Crippen LogP contribution < -0.4 is 17.2 Å². The Morgan fingerprint density at radius 3 is 2.33 bits per heavy atom. The number of aryl methyl sites for hydroxylation is 1. The van der Waals surface area contributed by atoms with E-state index in [0.29, 0.717) is 17.9 Å². The lowest BCUT2D eigenvalue weighted by Gasteiger charge is -2.20. The number of halogens is 1. The molecule has 136 valence electrons. The maximum atomic E-state index is 13.9. The number of nitrogen functional groups attached to an aromatic ring is 1. The van der Waals surface area contributed by atoms with Crippen molar-refractivity contribution in [2.75, 3.05) is 19.3 Å². The molecule has 0 fully saturated rings. The van der Waals surface area contributed by atoms with E-state index in [1.165, 1.54) is 6.20 Å². The normalized spacial score (nSPS) is 10.9. The van der Waals surface area contributed by atoms with Gasteiger partial charge in [0, 0.05) is 25.7 Å². The fourth-order valence-corrected chi connectivity index (χ4v) is 1.73. The molecule has 1 aromatic rings. The van der Waals surface area contributed by atoms with Crippen LogP contribution >= 0.6 is 0 Å². The molecule has 1 unspecified atom stereocenters. The van der Waals surface area contributed by atoms with Gasteiger partial charge in [-0.2, -0.15) is 0 Å². The molecular weight excluding hydrogens is 303 g/mol. The van der Waals surface area contributed by atoms with E-state index >= 15 is 0 Å². The van der Waals surface area contributed by atoms with E-state index in [4.69, 9.17) is 17.2 Å². The first-order chi connectivity index (χ1) is 11.4. The Balaban J connectivity index is 0. The van der Waals surface area contributed by atoms with Gasteiger partial charge in [-0.15, -0.1) is 0 Å². The van der Waals surface area contributed by atoms with Gasteiger partial charge in [-0.25, -0.2) is 4.39 Å². The zero-order chi connectivity index (χ0) is 19.3. The minimum atomic E-state index is -0.459. The maximum Gasteiger partial charge on any atom is 0.161 e. The molecule has 1 atom stereocenters. The predicted octanol–water partition coefficient (Wildman–Crippen LogP) is 3.40. The highest BCUT2D eigenvalue weighted by Crippen LogP contribution is 2.18. The third-order valence-electron chi connectivity index (χ3n) is 2.98. The molecule has 0 radical (unpaired) electrons. The minimum absolute atomic E-state index is 0.0127. The van der Waals surface area contributed by atoms with Crippen molar-refractivity contribution in [3.63, 3.8) is 0 Å². The van der Waals surface area contributed by atoms with Crippen molar-refractivity contribution < 1.29 is 4.39 Å². The second-order valence-corrected chi connectivity index (χ2v) is 4.80. The molecule has 1 rings (SSSR count). The van der Waals surface area contributed by atoms with Crippen LogP contribution in [0.5, 0.6) is 0 Å². The molecule has 0 aliphatic heterocycles. The summed E-state index contributed by atoms with van der Waals surface area (Å²) in [6.45, 7) is 12.3. The molecule has 4 nitrogen and oxygen atoms in total.